The number of Topliss-reactive ketones (excluding diaryl/α,β-unsaturated/α-hetero) is 1. The second-order valence-corrected chi connectivity index (χ2v) is 5.91. The summed E-state index contributed by atoms with van der Waals surface area (Å²) < 4.78 is 0. The number of nitrogens with one attached hydrogen (secondary N) is 1. The molecule has 0 fully saturated rings. The Hall–Kier alpha value is -2.87. The van der Waals surface area contributed by atoms with E-state index in [9.17, 15) is 4.79 Å². The first-order chi connectivity index (χ1) is 11.3. The van der Waals surface area contributed by atoms with Crippen molar-refractivity contribution in [2.45, 2.75) is 12.8 Å². The van der Waals surface area contributed by atoms with Gasteiger partial charge in [-0.15, -0.1) is 0 Å². The zero-order valence-electron chi connectivity index (χ0n) is 12.8. The summed E-state index contributed by atoms with van der Waals surface area (Å²) in [5.41, 5.74) is 6.40. The first-order valence-corrected chi connectivity index (χ1v) is 7.84. The number of fused-ring (bicyclic) bond motifs is 2. The van der Waals surface area contributed by atoms with E-state index in [-0.39, 0.29) is 5.78 Å². The standard InChI is InChI=1S/C21H17NO/c23-21-14-16-7-5-4-6-15(16)12-17-13-19(10-11-20(17)21)22-18-8-2-1-3-9-18/h1-11,13,22H,12,14H2. The molecular weight excluding hydrogens is 282 g/mol. The molecule has 0 saturated carbocycles. The van der Waals surface area contributed by atoms with Crippen LogP contribution in [0, 0.1) is 0 Å². The smallest absolute Gasteiger partial charge is 0.167 e. The molecule has 0 heterocycles. The van der Waals surface area contributed by atoms with E-state index in [4.69, 9.17) is 0 Å². The molecule has 2 nitrogen and oxygen atoms in total. The van der Waals surface area contributed by atoms with Crippen molar-refractivity contribution in [2.24, 2.45) is 0 Å². The van der Waals surface area contributed by atoms with Gasteiger partial charge in [0, 0.05) is 23.4 Å². The Morgan fingerprint density at radius 3 is 2.13 bits per heavy atom. The lowest BCUT2D eigenvalue weighted by Gasteiger charge is -2.11. The summed E-state index contributed by atoms with van der Waals surface area (Å²) in [5.74, 6) is 0.205. The summed E-state index contributed by atoms with van der Waals surface area (Å²) in [6, 6.07) is 24.3. The number of ketones is 1. The Balaban J connectivity index is 1.71. The molecule has 23 heavy (non-hydrogen) atoms. The van der Waals surface area contributed by atoms with Crippen molar-refractivity contribution in [3.05, 3.63) is 95.1 Å². The molecule has 3 aromatic carbocycles. The van der Waals surface area contributed by atoms with Crippen LogP contribution in [-0.4, -0.2) is 5.78 Å². The third kappa shape index (κ3) is 2.76. The molecule has 0 atom stereocenters. The fourth-order valence-electron chi connectivity index (χ4n) is 3.15. The van der Waals surface area contributed by atoms with Crippen LogP contribution in [0.15, 0.2) is 72.8 Å². The number of carbonyl (C=O) groups excluding carboxylic acids is 1. The zero-order chi connectivity index (χ0) is 15.6. The van der Waals surface area contributed by atoms with E-state index in [2.05, 4.69) is 23.5 Å². The summed E-state index contributed by atoms with van der Waals surface area (Å²) in [5, 5.41) is 3.40. The van der Waals surface area contributed by atoms with Gasteiger partial charge in [-0.3, -0.25) is 4.79 Å². The Morgan fingerprint density at radius 2 is 1.35 bits per heavy atom. The number of rotatable bonds is 2. The summed E-state index contributed by atoms with van der Waals surface area (Å²) in [6.45, 7) is 0. The van der Waals surface area contributed by atoms with E-state index < -0.39 is 0 Å². The lowest BCUT2D eigenvalue weighted by molar-refractivity contribution is 0.0993. The number of hydrogen-bond acceptors (Lipinski definition) is 2. The predicted molar refractivity (Wildman–Crippen MR) is 93.4 cm³/mol. The minimum atomic E-state index is 0.205. The maximum absolute atomic E-state index is 12.5. The SMILES string of the molecule is O=C1Cc2ccccc2Cc2cc(Nc3ccccc3)ccc21. The molecule has 112 valence electrons. The second-order valence-electron chi connectivity index (χ2n) is 5.91. The van der Waals surface area contributed by atoms with E-state index >= 15 is 0 Å². The monoisotopic (exact) mass is 299 g/mol. The number of carbonyl (C=O) groups is 1. The van der Waals surface area contributed by atoms with E-state index in [1.54, 1.807) is 0 Å². The lowest BCUT2D eigenvalue weighted by Crippen LogP contribution is -2.04. The van der Waals surface area contributed by atoms with Crippen molar-refractivity contribution in [3.8, 4) is 0 Å². The molecule has 0 spiro atoms. The van der Waals surface area contributed by atoms with E-state index in [0.717, 1.165) is 34.5 Å². The number of hydrogen-bond donors (Lipinski definition) is 1. The van der Waals surface area contributed by atoms with Gasteiger partial charge in [0.05, 0.1) is 0 Å². The van der Waals surface area contributed by atoms with Gasteiger partial charge < -0.3 is 5.32 Å². The van der Waals surface area contributed by atoms with Gasteiger partial charge in [0.15, 0.2) is 5.78 Å². The zero-order valence-corrected chi connectivity index (χ0v) is 12.8. The van der Waals surface area contributed by atoms with Crippen molar-refractivity contribution < 1.29 is 4.79 Å². The largest absolute Gasteiger partial charge is 0.356 e. The van der Waals surface area contributed by atoms with Crippen molar-refractivity contribution in [1.82, 2.24) is 0 Å². The number of anilines is 2. The van der Waals surface area contributed by atoms with Crippen LogP contribution >= 0.6 is 0 Å². The average Bonchev–Trinajstić information content (AvgIpc) is 2.71. The van der Waals surface area contributed by atoms with Gasteiger partial charge >= 0.3 is 0 Å². The summed E-state index contributed by atoms with van der Waals surface area (Å²) in [6.07, 6.45) is 1.30. The third-order valence-electron chi connectivity index (χ3n) is 4.32. The molecule has 0 bridgehead atoms. The van der Waals surface area contributed by atoms with Gasteiger partial charge in [-0.2, -0.15) is 0 Å². The highest BCUT2D eigenvalue weighted by Crippen LogP contribution is 2.27. The van der Waals surface area contributed by atoms with Gasteiger partial charge in [0.1, 0.15) is 0 Å². The average molecular weight is 299 g/mol. The molecule has 0 amide bonds. The minimum absolute atomic E-state index is 0.205. The molecule has 0 saturated heterocycles. The highest BCUT2D eigenvalue weighted by Gasteiger charge is 2.19. The number of benzene rings is 3. The van der Waals surface area contributed by atoms with Crippen molar-refractivity contribution >= 4 is 17.2 Å². The maximum atomic E-state index is 12.5. The van der Waals surface area contributed by atoms with Crippen LogP contribution in [-0.2, 0) is 12.8 Å². The van der Waals surface area contributed by atoms with Crippen LogP contribution in [0.5, 0.6) is 0 Å². The van der Waals surface area contributed by atoms with Crippen LogP contribution in [0.3, 0.4) is 0 Å². The fourth-order valence-corrected chi connectivity index (χ4v) is 3.15. The molecule has 3 aromatic rings. The molecule has 1 N–H and O–H groups in total. The molecule has 0 radical (unpaired) electrons. The normalized spacial score (nSPS) is 13.0. The van der Waals surface area contributed by atoms with Gasteiger partial charge in [0.25, 0.3) is 0 Å². The van der Waals surface area contributed by atoms with Crippen LogP contribution in [0.2, 0.25) is 0 Å². The van der Waals surface area contributed by atoms with Crippen LogP contribution < -0.4 is 5.32 Å². The second kappa shape index (κ2) is 5.73. The molecule has 2 heteroatoms. The summed E-state index contributed by atoms with van der Waals surface area (Å²) in [7, 11) is 0. The molecule has 0 unspecified atom stereocenters. The lowest BCUT2D eigenvalue weighted by atomic mass is 9.99. The Bertz CT molecular complexity index is 868. The van der Waals surface area contributed by atoms with Crippen molar-refractivity contribution in [2.75, 3.05) is 5.32 Å². The van der Waals surface area contributed by atoms with Gasteiger partial charge in [-0.05, 0) is 53.4 Å². The van der Waals surface area contributed by atoms with Gasteiger partial charge in [0.2, 0.25) is 0 Å². The van der Waals surface area contributed by atoms with E-state index in [1.165, 1.54) is 5.56 Å². The quantitative estimate of drug-likeness (QED) is 0.739. The van der Waals surface area contributed by atoms with Crippen LogP contribution in [0.25, 0.3) is 0 Å². The van der Waals surface area contributed by atoms with Gasteiger partial charge in [-0.1, -0.05) is 42.5 Å². The first kappa shape index (κ1) is 13.8. The molecule has 1 aliphatic rings. The van der Waals surface area contributed by atoms with E-state index in [1.807, 2.05) is 54.6 Å². The fraction of sp³-hybridized carbons (Fsp3) is 0.0952. The Morgan fingerprint density at radius 1 is 0.652 bits per heavy atom. The van der Waals surface area contributed by atoms with Gasteiger partial charge in [-0.25, -0.2) is 0 Å². The third-order valence-corrected chi connectivity index (χ3v) is 4.32. The van der Waals surface area contributed by atoms with Crippen LogP contribution in [0.4, 0.5) is 11.4 Å². The molecule has 0 aromatic heterocycles. The summed E-state index contributed by atoms with van der Waals surface area (Å²) in [4.78, 5) is 12.5. The first-order valence-electron chi connectivity index (χ1n) is 7.84. The highest BCUT2D eigenvalue weighted by atomic mass is 16.1. The van der Waals surface area contributed by atoms with Crippen molar-refractivity contribution in [3.63, 3.8) is 0 Å². The minimum Gasteiger partial charge on any atom is -0.356 e. The predicted octanol–water partition coefficient (Wildman–Crippen LogP) is 4.76. The van der Waals surface area contributed by atoms with Crippen molar-refractivity contribution in [1.29, 1.82) is 0 Å². The topological polar surface area (TPSA) is 29.1 Å². The number of para-hydroxylation sites is 1. The molecule has 0 aliphatic heterocycles. The molecule has 1 aliphatic carbocycles. The Labute approximate surface area is 135 Å². The highest BCUT2D eigenvalue weighted by molar-refractivity contribution is 6.00. The molecular formula is C21H17NO. The Kier molecular flexibility index (Phi) is 3.43. The summed E-state index contributed by atoms with van der Waals surface area (Å²) >= 11 is 0. The maximum Gasteiger partial charge on any atom is 0.167 e. The molecule has 4 rings (SSSR count). The van der Waals surface area contributed by atoms with E-state index in [0.29, 0.717) is 6.42 Å². The van der Waals surface area contributed by atoms with Crippen LogP contribution in [0.1, 0.15) is 27.0 Å².